The second-order valence-corrected chi connectivity index (χ2v) is 3.75. The molecule has 78 valence electrons. The predicted molar refractivity (Wildman–Crippen MR) is 51.8 cm³/mol. The summed E-state index contributed by atoms with van der Waals surface area (Å²) >= 11 is 0. The molecule has 14 heavy (non-hydrogen) atoms. The fourth-order valence-electron chi connectivity index (χ4n) is 1.65. The van der Waals surface area contributed by atoms with E-state index in [1.54, 1.807) is 0 Å². The lowest BCUT2D eigenvalue weighted by Crippen LogP contribution is -2.15. The Labute approximate surface area is 83.1 Å². The highest BCUT2D eigenvalue weighted by molar-refractivity contribution is 5.00. The summed E-state index contributed by atoms with van der Waals surface area (Å²) in [4.78, 5) is 4.39. The molecule has 2 rings (SSSR count). The summed E-state index contributed by atoms with van der Waals surface area (Å²) in [5.41, 5.74) is 5.69. The predicted octanol–water partition coefficient (Wildman–Crippen LogP) is 0.718. The molecule has 1 aromatic heterocycles. The minimum absolute atomic E-state index is 0.0974. The van der Waals surface area contributed by atoms with Gasteiger partial charge in [0, 0.05) is 19.1 Å². The molecule has 0 aliphatic carbocycles. The Morgan fingerprint density at radius 3 is 2.79 bits per heavy atom. The summed E-state index contributed by atoms with van der Waals surface area (Å²) in [5, 5.41) is 7.05. The highest BCUT2D eigenvalue weighted by Gasteiger charge is 2.20. The smallest absolute Gasteiger partial charge is 0.167 e. The standard InChI is InChI=1S/C9H16N4O/c1-6(10)8-11-9(13-12-8)7-2-4-14-5-3-7/h6-7H,2-5,10H2,1H3,(H,11,12,13). The van der Waals surface area contributed by atoms with Gasteiger partial charge in [0.2, 0.25) is 0 Å². The fourth-order valence-corrected chi connectivity index (χ4v) is 1.65. The van der Waals surface area contributed by atoms with E-state index in [1.165, 1.54) is 0 Å². The topological polar surface area (TPSA) is 76.8 Å². The van der Waals surface area contributed by atoms with Crippen LogP contribution in [0.3, 0.4) is 0 Å². The molecule has 5 nitrogen and oxygen atoms in total. The van der Waals surface area contributed by atoms with E-state index in [1.807, 2.05) is 6.92 Å². The van der Waals surface area contributed by atoms with Gasteiger partial charge in [0.1, 0.15) is 5.82 Å². The summed E-state index contributed by atoms with van der Waals surface area (Å²) in [5.74, 6) is 2.12. The van der Waals surface area contributed by atoms with Crippen molar-refractivity contribution >= 4 is 0 Å². The first kappa shape index (κ1) is 9.61. The summed E-state index contributed by atoms with van der Waals surface area (Å²) in [7, 11) is 0. The van der Waals surface area contributed by atoms with Crippen LogP contribution >= 0.6 is 0 Å². The van der Waals surface area contributed by atoms with Gasteiger partial charge in [0.15, 0.2) is 5.82 Å². The Balaban J connectivity index is 2.07. The van der Waals surface area contributed by atoms with Crippen molar-refractivity contribution in [3.63, 3.8) is 0 Å². The highest BCUT2D eigenvalue weighted by Crippen LogP contribution is 2.24. The van der Waals surface area contributed by atoms with E-state index in [0.29, 0.717) is 11.7 Å². The van der Waals surface area contributed by atoms with E-state index in [2.05, 4.69) is 15.2 Å². The first-order chi connectivity index (χ1) is 6.77. The molecule has 0 radical (unpaired) electrons. The fraction of sp³-hybridized carbons (Fsp3) is 0.778. The van der Waals surface area contributed by atoms with Gasteiger partial charge in [0.25, 0.3) is 0 Å². The lowest BCUT2D eigenvalue weighted by atomic mass is 10.00. The van der Waals surface area contributed by atoms with Crippen molar-refractivity contribution in [1.82, 2.24) is 15.2 Å². The number of aromatic nitrogens is 3. The Kier molecular flexibility index (Phi) is 2.79. The number of nitrogens with one attached hydrogen (secondary N) is 1. The molecular formula is C9H16N4O. The number of nitrogens with two attached hydrogens (primary N) is 1. The molecule has 1 aliphatic heterocycles. The lowest BCUT2D eigenvalue weighted by Gasteiger charge is -2.19. The second-order valence-electron chi connectivity index (χ2n) is 3.75. The van der Waals surface area contributed by atoms with E-state index in [4.69, 9.17) is 10.5 Å². The molecule has 1 unspecified atom stereocenters. The van der Waals surface area contributed by atoms with Crippen molar-refractivity contribution in [3.05, 3.63) is 11.6 Å². The molecule has 0 amide bonds. The number of hydrogen-bond acceptors (Lipinski definition) is 4. The molecule has 0 aromatic carbocycles. The molecular weight excluding hydrogens is 180 g/mol. The summed E-state index contributed by atoms with van der Waals surface area (Å²) in [6.07, 6.45) is 2.04. The maximum absolute atomic E-state index is 5.69. The average Bonchev–Trinajstić information content (AvgIpc) is 2.68. The zero-order valence-corrected chi connectivity index (χ0v) is 8.36. The van der Waals surface area contributed by atoms with E-state index in [9.17, 15) is 0 Å². The molecule has 3 N–H and O–H groups in total. The van der Waals surface area contributed by atoms with Crippen molar-refractivity contribution in [1.29, 1.82) is 0 Å². The van der Waals surface area contributed by atoms with Crippen LogP contribution in [-0.4, -0.2) is 28.4 Å². The molecule has 1 fully saturated rings. The maximum atomic E-state index is 5.69. The molecule has 0 saturated carbocycles. The van der Waals surface area contributed by atoms with E-state index in [0.717, 1.165) is 31.9 Å². The van der Waals surface area contributed by atoms with Crippen LogP contribution in [0.5, 0.6) is 0 Å². The van der Waals surface area contributed by atoms with Crippen LogP contribution in [0.25, 0.3) is 0 Å². The van der Waals surface area contributed by atoms with E-state index >= 15 is 0 Å². The van der Waals surface area contributed by atoms with Crippen LogP contribution in [0.4, 0.5) is 0 Å². The van der Waals surface area contributed by atoms with Gasteiger partial charge in [-0.2, -0.15) is 5.10 Å². The van der Waals surface area contributed by atoms with Crippen molar-refractivity contribution in [2.45, 2.75) is 31.7 Å². The molecule has 0 spiro atoms. The van der Waals surface area contributed by atoms with Crippen LogP contribution < -0.4 is 5.73 Å². The SMILES string of the molecule is CC(N)c1n[nH]c(C2CCOCC2)n1. The van der Waals surface area contributed by atoms with Crippen molar-refractivity contribution in [2.75, 3.05) is 13.2 Å². The maximum Gasteiger partial charge on any atom is 0.167 e. The number of aromatic amines is 1. The van der Waals surface area contributed by atoms with Gasteiger partial charge in [0.05, 0.1) is 6.04 Å². The van der Waals surface area contributed by atoms with Gasteiger partial charge in [-0.25, -0.2) is 4.98 Å². The van der Waals surface area contributed by atoms with Crippen molar-refractivity contribution in [3.8, 4) is 0 Å². The molecule has 1 aliphatic rings. The molecule has 5 heteroatoms. The largest absolute Gasteiger partial charge is 0.381 e. The zero-order valence-electron chi connectivity index (χ0n) is 8.36. The van der Waals surface area contributed by atoms with E-state index in [-0.39, 0.29) is 6.04 Å². The molecule has 1 saturated heterocycles. The van der Waals surface area contributed by atoms with Crippen LogP contribution in [0.15, 0.2) is 0 Å². The molecule has 0 bridgehead atoms. The number of nitrogens with zero attached hydrogens (tertiary/aromatic N) is 2. The van der Waals surface area contributed by atoms with Gasteiger partial charge >= 0.3 is 0 Å². The van der Waals surface area contributed by atoms with Gasteiger partial charge in [-0.1, -0.05) is 0 Å². The average molecular weight is 196 g/mol. The first-order valence-corrected chi connectivity index (χ1v) is 5.03. The van der Waals surface area contributed by atoms with Gasteiger partial charge in [-0.05, 0) is 19.8 Å². The number of H-pyrrole nitrogens is 1. The lowest BCUT2D eigenvalue weighted by molar-refractivity contribution is 0.0836. The normalized spacial score (nSPS) is 21.0. The van der Waals surface area contributed by atoms with Crippen LogP contribution in [0, 0.1) is 0 Å². The Hall–Kier alpha value is -0.940. The summed E-state index contributed by atoms with van der Waals surface area (Å²) in [6.45, 7) is 3.52. The van der Waals surface area contributed by atoms with Crippen LogP contribution in [-0.2, 0) is 4.74 Å². The Bertz CT molecular complexity index is 291. The quantitative estimate of drug-likeness (QED) is 0.730. The Morgan fingerprint density at radius 1 is 1.50 bits per heavy atom. The van der Waals surface area contributed by atoms with Gasteiger partial charge in [-0.15, -0.1) is 0 Å². The first-order valence-electron chi connectivity index (χ1n) is 5.03. The van der Waals surface area contributed by atoms with Crippen molar-refractivity contribution in [2.24, 2.45) is 5.73 Å². The molecule has 1 atom stereocenters. The van der Waals surface area contributed by atoms with E-state index < -0.39 is 0 Å². The monoisotopic (exact) mass is 196 g/mol. The summed E-state index contributed by atoms with van der Waals surface area (Å²) in [6, 6.07) is -0.0974. The summed E-state index contributed by atoms with van der Waals surface area (Å²) < 4.78 is 5.29. The second kappa shape index (κ2) is 4.06. The van der Waals surface area contributed by atoms with Gasteiger partial charge in [-0.3, -0.25) is 5.10 Å². The molecule has 2 heterocycles. The number of ether oxygens (including phenoxy) is 1. The van der Waals surface area contributed by atoms with Crippen molar-refractivity contribution < 1.29 is 4.74 Å². The third-order valence-electron chi connectivity index (χ3n) is 2.54. The number of rotatable bonds is 2. The van der Waals surface area contributed by atoms with Gasteiger partial charge < -0.3 is 10.5 Å². The zero-order chi connectivity index (χ0) is 9.97. The minimum atomic E-state index is -0.0974. The third-order valence-corrected chi connectivity index (χ3v) is 2.54. The highest BCUT2D eigenvalue weighted by atomic mass is 16.5. The third kappa shape index (κ3) is 1.93. The molecule has 1 aromatic rings. The Morgan fingerprint density at radius 2 is 2.21 bits per heavy atom. The number of hydrogen-bond donors (Lipinski definition) is 2. The van der Waals surface area contributed by atoms with Crippen LogP contribution in [0.2, 0.25) is 0 Å². The minimum Gasteiger partial charge on any atom is -0.381 e. The van der Waals surface area contributed by atoms with Crippen LogP contribution in [0.1, 0.15) is 43.4 Å².